The lowest BCUT2D eigenvalue weighted by Gasteiger charge is -2.33. The first-order valence-corrected chi connectivity index (χ1v) is 3.20. The fourth-order valence-electron chi connectivity index (χ4n) is 0.168. The zero-order valence-corrected chi connectivity index (χ0v) is 6.95. The van der Waals surface area contributed by atoms with Crippen LogP contribution in [0.5, 0.6) is 0 Å². The molecule has 2 nitrogen and oxygen atoms in total. The summed E-state index contributed by atoms with van der Waals surface area (Å²) in [6.07, 6.45) is 0. The molecule has 0 saturated carbocycles. The minimum Gasteiger partial charge on any atom is -0.209 e. The molecule has 0 atom stereocenters. The van der Waals surface area contributed by atoms with Crippen LogP contribution in [-0.2, 0) is 0 Å². The number of nitrogens with one attached hydrogen (secondary N) is 1. The maximum absolute atomic E-state index is 6.89. The van der Waals surface area contributed by atoms with Crippen molar-refractivity contribution in [1.82, 2.24) is 0 Å². The van der Waals surface area contributed by atoms with E-state index in [0.717, 1.165) is 0 Å². The van der Waals surface area contributed by atoms with E-state index in [-0.39, 0.29) is 11.0 Å². The summed E-state index contributed by atoms with van der Waals surface area (Å²) in [7, 11) is 0. The molecule has 1 N–H and O–H groups in total. The lowest BCUT2D eigenvalue weighted by molar-refractivity contribution is 0.219. The maximum atomic E-state index is 6.89. The van der Waals surface area contributed by atoms with Crippen LogP contribution >= 0.6 is 0 Å². The highest BCUT2D eigenvalue weighted by Gasteiger charge is 2.32. The number of rotatable bonds is 1. The van der Waals surface area contributed by atoms with Gasteiger partial charge in [-0.3, -0.25) is 0 Å². The molecule has 0 aliphatic carbocycles. The monoisotopic (exact) mass is 128 g/mol. The molecule has 0 aliphatic heterocycles. The highest BCUT2D eigenvalue weighted by molar-refractivity contribution is 4.87. The van der Waals surface area contributed by atoms with Gasteiger partial charge < -0.3 is 0 Å². The van der Waals surface area contributed by atoms with Crippen molar-refractivity contribution in [2.45, 2.75) is 40.2 Å². The summed E-state index contributed by atoms with van der Waals surface area (Å²) < 4.78 is 0. The summed E-state index contributed by atoms with van der Waals surface area (Å²) in [4.78, 5) is 0. The molecule has 0 rings (SSSR count). The van der Waals surface area contributed by atoms with Crippen molar-refractivity contribution < 1.29 is 0 Å². The fourth-order valence-corrected chi connectivity index (χ4v) is 0.168. The van der Waals surface area contributed by atoms with Gasteiger partial charge in [0.1, 0.15) is 0 Å². The molecule has 0 heterocycles. The Morgan fingerprint density at radius 1 is 1.00 bits per heavy atom. The van der Waals surface area contributed by atoms with E-state index in [2.05, 4.69) is 25.9 Å². The van der Waals surface area contributed by atoms with Crippen molar-refractivity contribution in [3.63, 3.8) is 0 Å². The Morgan fingerprint density at radius 3 is 1.33 bits per heavy atom. The third-order valence-electron chi connectivity index (χ3n) is 2.11. The first-order chi connectivity index (χ1) is 3.81. The van der Waals surface area contributed by atoms with Gasteiger partial charge in [-0.15, -0.1) is 0 Å². The first-order valence-electron chi connectivity index (χ1n) is 3.20. The molecular weight excluding hydrogens is 112 g/mol. The van der Waals surface area contributed by atoms with Gasteiger partial charge in [0.05, 0.1) is 5.54 Å². The van der Waals surface area contributed by atoms with Crippen LogP contribution in [0.3, 0.4) is 0 Å². The zero-order valence-electron chi connectivity index (χ0n) is 6.95. The van der Waals surface area contributed by atoms with Gasteiger partial charge in [0, 0.05) is 0 Å². The number of hydrogen-bond acceptors (Lipinski definition) is 2. The molecule has 0 radical (unpaired) electrons. The number of nitrogens with zero attached hydrogens (tertiary/aromatic N) is 1. The van der Waals surface area contributed by atoms with E-state index in [0.29, 0.717) is 0 Å². The molecule has 0 aromatic carbocycles. The minimum atomic E-state index is -0.229. The smallest absolute Gasteiger partial charge is 0.0805 e. The molecule has 0 fully saturated rings. The van der Waals surface area contributed by atoms with Crippen molar-refractivity contribution >= 4 is 0 Å². The van der Waals surface area contributed by atoms with Gasteiger partial charge in [-0.1, -0.05) is 20.8 Å². The Hall–Kier alpha value is -0.400. The van der Waals surface area contributed by atoms with Gasteiger partial charge in [-0.05, 0) is 19.3 Å². The van der Waals surface area contributed by atoms with E-state index >= 15 is 0 Å². The second-order valence-corrected chi connectivity index (χ2v) is 3.92. The molecule has 0 aromatic heterocycles. The average molecular weight is 128 g/mol. The Labute approximate surface area is 57.2 Å². The van der Waals surface area contributed by atoms with Crippen molar-refractivity contribution in [3.8, 4) is 0 Å². The van der Waals surface area contributed by atoms with Crippen molar-refractivity contribution in [2.24, 2.45) is 10.5 Å². The summed E-state index contributed by atoms with van der Waals surface area (Å²) >= 11 is 0. The van der Waals surface area contributed by atoms with Crippen LogP contribution in [0.15, 0.2) is 5.11 Å². The molecule has 0 aromatic rings. The van der Waals surface area contributed by atoms with E-state index in [1.165, 1.54) is 0 Å². The molecule has 9 heavy (non-hydrogen) atoms. The molecule has 0 aliphatic rings. The summed E-state index contributed by atoms with van der Waals surface area (Å²) in [5, 5.41) is 3.54. The van der Waals surface area contributed by atoms with Gasteiger partial charge in [0.25, 0.3) is 0 Å². The van der Waals surface area contributed by atoms with Crippen LogP contribution in [0.4, 0.5) is 0 Å². The standard InChI is InChI=1S/C7H16N2/c1-6(2,3)7(4,5)9-8/h8H,1-5H3. The topological polar surface area (TPSA) is 36.2 Å². The normalized spacial score (nSPS) is 13.4. The Kier molecular flexibility index (Phi) is 1.99. The Morgan fingerprint density at radius 2 is 1.33 bits per heavy atom. The third kappa shape index (κ3) is 1.77. The number of hydrogen-bond donors (Lipinski definition) is 1. The quantitative estimate of drug-likeness (QED) is 0.527. The Bertz CT molecular complexity index is 109. The van der Waals surface area contributed by atoms with Gasteiger partial charge in [-0.2, -0.15) is 5.11 Å². The lowest BCUT2D eigenvalue weighted by atomic mass is 9.77. The van der Waals surface area contributed by atoms with Crippen LogP contribution in [0.1, 0.15) is 34.6 Å². The summed E-state index contributed by atoms with van der Waals surface area (Å²) in [5.41, 5.74) is 6.75. The first kappa shape index (κ1) is 8.60. The maximum Gasteiger partial charge on any atom is 0.0805 e. The summed E-state index contributed by atoms with van der Waals surface area (Å²) in [5.74, 6) is 0. The zero-order chi connectivity index (χ0) is 7.71. The second kappa shape index (κ2) is 2.09. The van der Waals surface area contributed by atoms with E-state index in [1.54, 1.807) is 0 Å². The molecule has 0 saturated heterocycles. The van der Waals surface area contributed by atoms with Crippen LogP contribution in [0, 0.1) is 10.9 Å². The minimum absolute atomic E-state index is 0.0920. The molecule has 0 amide bonds. The van der Waals surface area contributed by atoms with Crippen LogP contribution in [-0.4, -0.2) is 5.54 Å². The van der Waals surface area contributed by atoms with Crippen LogP contribution < -0.4 is 0 Å². The van der Waals surface area contributed by atoms with Crippen LogP contribution in [0.25, 0.3) is 0 Å². The lowest BCUT2D eigenvalue weighted by Crippen LogP contribution is -2.33. The Balaban J connectivity index is 4.32. The van der Waals surface area contributed by atoms with E-state index < -0.39 is 0 Å². The molecule has 54 valence electrons. The van der Waals surface area contributed by atoms with Gasteiger partial charge in [-0.25, -0.2) is 5.53 Å². The molecule has 2 heteroatoms. The van der Waals surface area contributed by atoms with Crippen LogP contribution in [0.2, 0.25) is 0 Å². The fraction of sp³-hybridized carbons (Fsp3) is 1.00. The highest BCUT2D eigenvalue weighted by Crippen LogP contribution is 2.32. The molecule has 0 unspecified atom stereocenters. The van der Waals surface area contributed by atoms with Gasteiger partial charge >= 0.3 is 0 Å². The molecule has 0 spiro atoms. The van der Waals surface area contributed by atoms with E-state index in [9.17, 15) is 0 Å². The van der Waals surface area contributed by atoms with E-state index in [4.69, 9.17) is 5.53 Å². The summed E-state index contributed by atoms with van der Waals surface area (Å²) in [6, 6.07) is 0. The predicted octanol–water partition coefficient (Wildman–Crippen LogP) is 2.84. The van der Waals surface area contributed by atoms with Gasteiger partial charge in [0.15, 0.2) is 0 Å². The van der Waals surface area contributed by atoms with Crippen molar-refractivity contribution in [1.29, 1.82) is 5.53 Å². The largest absolute Gasteiger partial charge is 0.209 e. The second-order valence-electron chi connectivity index (χ2n) is 3.92. The summed E-state index contributed by atoms with van der Waals surface area (Å²) in [6.45, 7) is 10.2. The van der Waals surface area contributed by atoms with E-state index in [1.807, 2.05) is 13.8 Å². The predicted molar refractivity (Wildman–Crippen MR) is 38.7 cm³/mol. The molecular formula is C7H16N2. The third-order valence-corrected chi connectivity index (χ3v) is 2.11. The average Bonchev–Trinajstić information content (AvgIpc) is 1.64. The highest BCUT2D eigenvalue weighted by atomic mass is 15.0. The SMILES string of the molecule is CC(C)(C)C(C)(C)N=N. The molecule has 0 bridgehead atoms. The van der Waals surface area contributed by atoms with Gasteiger partial charge in [0.2, 0.25) is 0 Å². The van der Waals surface area contributed by atoms with Crippen molar-refractivity contribution in [3.05, 3.63) is 0 Å². The van der Waals surface area contributed by atoms with Crippen molar-refractivity contribution in [2.75, 3.05) is 0 Å².